The molecule has 0 saturated heterocycles. The highest BCUT2D eigenvalue weighted by Crippen LogP contribution is 2.12. The maximum atomic E-state index is 9.36. The smallest absolute Gasteiger partial charge is 0.0622 e. The number of rotatable bonds is 4. The lowest BCUT2D eigenvalue weighted by Gasteiger charge is -2.04. The second-order valence-electron chi connectivity index (χ2n) is 2.46. The monoisotopic (exact) mass is 168 g/mol. The van der Waals surface area contributed by atoms with E-state index in [1.165, 1.54) is 4.88 Å². The first kappa shape index (κ1) is 8.50. The van der Waals surface area contributed by atoms with Gasteiger partial charge in [0, 0.05) is 11.3 Å². The number of hydrogen-bond donors (Lipinski definition) is 1. The third-order valence-electron chi connectivity index (χ3n) is 1.46. The zero-order chi connectivity index (χ0) is 8.10. The molecule has 1 nitrogen and oxygen atoms in total. The van der Waals surface area contributed by atoms with Gasteiger partial charge in [-0.25, -0.2) is 0 Å². The normalized spacial score (nSPS) is 12.8. The standard InChI is InChI=1S/C9H12OS/c1-2-4-8(10)7-9-5-3-6-11-9/h2-3,5-6,8,10H,1,4,7H2. The van der Waals surface area contributed by atoms with Crippen molar-refractivity contribution in [2.75, 3.05) is 0 Å². The molecule has 1 N–H and O–H groups in total. The summed E-state index contributed by atoms with van der Waals surface area (Å²) in [7, 11) is 0. The Bertz CT molecular complexity index is 203. The van der Waals surface area contributed by atoms with Crippen LogP contribution < -0.4 is 0 Å². The van der Waals surface area contributed by atoms with Crippen molar-refractivity contribution in [3.63, 3.8) is 0 Å². The first-order chi connectivity index (χ1) is 5.33. The fourth-order valence-electron chi connectivity index (χ4n) is 0.937. The molecule has 1 rings (SSSR count). The quantitative estimate of drug-likeness (QED) is 0.683. The molecule has 1 heterocycles. The molecule has 0 aromatic carbocycles. The van der Waals surface area contributed by atoms with Gasteiger partial charge in [-0.1, -0.05) is 12.1 Å². The molecular formula is C9H12OS. The summed E-state index contributed by atoms with van der Waals surface area (Å²) < 4.78 is 0. The van der Waals surface area contributed by atoms with E-state index >= 15 is 0 Å². The molecular weight excluding hydrogens is 156 g/mol. The molecule has 0 amide bonds. The van der Waals surface area contributed by atoms with Crippen LogP contribution in [0.3, 0.4) is 0 Å². The van der Waals surface area contributed by atoms with Crippen molar-refractivity contribution in [2.24, 2.45) is 0 Å². The Hall–Kier alpha value is -0.600. The second kappa shape index (κ2) is 4.31. The first-order valence-electron chi connectivity index (χ1n) is 3.64. The number of thiophene rings is 1. The van der Waals surface area contributed by atoms with E-state index in [4.69, 9.17) is 0 Å². The SMILES string of the molecule is C=CCC(O)Cc1cccs1. The average molecular weight is 168 g/mol. The van der Waals surface area contributed by atoms with E-state index < -0.39 is 0 Å². The Morgan fingerprint density at radius 2 is 2.55 bits per heavy atom. The molecule has 1 atom stereocenters. The highest BCUT2D eigenvalue weighted by molar-refractivity contribution is 7.09. The first-order valence-corrected chi connectivity index (χ1v) is 4.52. The van der Waals surface area contributed by atoms with Crippen LogP contribution >= 0.6 is 11.3 Å². The van der Waals surface area contributed by atoms with E-state index in [9.17, 15) is 5.11 Å². The maximum absolute atomic E-state index is 9.36. The van der Waals surface area contributed by atoms with Gasteiger partial charge in [0.25, 0.3) is 0 Å². The zero-order valence-electron chi connectivity index (χ0n) is 6.36. The lowest BCUT2D eigenvalue weighted by molar-refractivity contribution is 0.179. The molecule has 1 aromatic heterocycles. The fourth-order valence-corrected chi connectivity index (χ4v) is 1.71. The molecule has 1 unspecified atom stereocenters. The molecule has 0 aliphatic carbocycles. The van der Waals surface area contributed by atoms with E-state index in [-0.39, 0.29) is 6.10 Å². The van der Waals surface area contributed by atoms with Gasteiger partial charge in [0.15, 0.2) is 0 Å². The van der Waals surface area contributed by atoms with Gasteiger partial charge in [0.2, 0.25) is 0 Å². The lowest BCUT2D eigenvalue weighted by atomic mass is 10.1. The minimum Gasteiger partial charge on any atom is -0.392 e. The van der Waals surface area contributed by atoms with Crippen LogP contribution in [-0.4, -0.2) is 11.2 Å². The van der Waals surface area contributed by atoms with E-state index in [2.05, 4.69) is 6.58 Å². The summed E-state index contributed by atoms with van der Waals surface area (Å²) in [5.41, 5.74) is 0. The summed E-state index contributed by atoms with van der Waals surface area (Å²) in [6.45, 7) is 3.57. The molecule has 0 bridgehead atoms. The Kier molecular flexibility index (Phi) is 3.33. The molecule has 1 aromatic rings. The predicted molar refractivity (Wildman–Crippen MR) is 48.8 cm³/mol. The van der Waals surface area contributed by atoms with Gasteiger partial charge < -0.3 is 5.11 Å². The number of aliphatic hydroxyl groups excluding tert-OH is 1. The van der Waals surface area contributed by atoms with E-state index in [0.29, 0.717) is 6.42 Å². The molecule has 0 aliphatic heterocycles. The second-order valence-corrected chi connectivity index (χ2v) is 3.49. The summed E-state index contributed by atoms with van der Waals surface area (Å²) in [5, 5.41) is 11.4. The van der Waals surface area contributed by atoms with Crippen molar-refractivity contribution in [2.45, 2.75) is 18.9 Å². The Balaban J connectivity index is 2.37. The van der Waals surface area contributed by atoms with Crippen molar-refractivity contribution in [1.82, 2.24) is 0 Å². The Morgan fingerprint density at radius 1 is 1.73 bits per heavy atom. The van der Waals surface area contributed by atoms with Gasteiger partial charge in [-0.2, -0.15) is 0 Å². The van der Waals surface area contributed by atoms with Crippen LogP contribution in [-0.2, 0) is 6.42 Å². The molecule has 0 fully saturated rings. The molecule has 11 heavy (non-hydrogen) atoms. The zero-order valence-corrected chi connectivity index (χ0v) is 7.18. The van der Waals surface area contributed by atoms with Crippen molar-refractivity contribution in [3.8, 4) is 0 Å². The van der Waals surface area contributed by atoms with E-state index in [0.717, 1.165) is 6.42 Å². The molecule has 0 radical (unpaired) electrons. The van der Waals surface area contributed by atoms with Crippen LogP contribution in [0.1, 0.15) is 11.3 Å². The minimum atomic E-state index is -0.258. The summed E-state index contributed by atoms with van der Waals surface area (Å²) >= 11 is 1.68. The molecule has 0 spiro atoms. The van der Waals surface area contributed by atoms with Crippen molar-refractivity contribution in [3.05, 3.63) is 35.0 Å². The van der Waals surface area contributed by atoms with E-state index in [1.54, 1.807) is 17.4 Å². The van der Waals surface area contributed by atoms with Crippen LogP contribution in [0.2, 0.25) is 0 Å². The summed E-state index contributed by atoms with van der Waals surface area (Å²) in [5.74, 6) is 0. The van der Waals surface area contributed by atoms with Crippen LogP contribution in [0.15, 0.2) is 30.2 Å². The molecule has 0 aliphatic rings. The number of hydrogen-bond acceptors (Lipinski definition) is 2. The van der Waals surface area contributed by atoms with Crippen molar-refractivity contribution < 1.29 is 5.11 Å². The van der Waals surface area contributed by atoms with Gasteiger partial charge in [-0.3, -0.25) is 0 Å². The summed E-state index contributed by atoms with van der Waals surface area (Å²) in [6.07, 6.45) is 2.92. The lowest BCUT2D eigenvalue weighted by Crippen LogP contribution is -2.07. The Labute approximate surface area is 71.0 Å². The summed E-state index contributed by atoms with van der Waals surface area (Å²) in [4.78, 5) is 1.24. The topological polar surface area (TPSA) is 20.2 Å². The molecule has 0 saturated carbocycles. The van der Waals surface area contributed by atoms with Crippen molar-refractivity contribution >= 4 is 11.3 Å². The minimum absolute atomic E-state index is 0.258. The van der Waals surface area contributed by atoms with Crippen LogP contribution in [0.4, 0.5) is 0 Å². The third-order valence-corrected chi connectivity index (χ3v) is 2.35. The fraction of sp³-hybridized carbons (Fsp3) is 0.333. The highest BCUT2D eigenvalue weighted by Gasteiger charge is 2.02. The average Bonchev–Trinajstić information content (AvgIpc) is 2.40. The summed E-state index contributed by atoms with van der Waals surface area (Å²) in [6, 6.07) is 4.04. The van der Waals surface area contributed by atoms with Gasteiger partial charge >= 0.3 is 0 Å². The van der Waals surface area contributed by atoms with Gasteiger partial charge in [-0.05, 0) is 17.9 Å². The molecule has 60 valence electrons. The van der Waals surface area contributed by atoms with Crippen LogP contribution in [0.25, 0.3) is 0 Å². The van der Waals surface area contributed by atoms with Gasteiger partial charge in [-0.15, -0.1) is 17.9 Å². The van der Waals surface area contributed by atoms with Crippen molar-refractivity contribution in [1.29, 1.82) is 0 Å². The third kappa shape index (κ3) is 2.87. The van der Waals surface area contributed by atoms with Gasteiger partial charge in [0.1, 0.15) is 0 Å². The van der Waals surface area contributed by atoms with Crippen LogP contribution in [0, 0.1) is 0 Å². The molecule has 2 heteroatoms. The van der Waals surface area contributed by atoms with E-state index in [1.807, 2.05) is 17.5 Å². The Morgan fingerprint density at radius 3 is 3.09 bits per heavy atom. The predicted octanol–water partition coefficient (Wildman–Crippen LogP) is 2.23. The van der Waals surface area contributed by atoms with Crippen LogP contribution in [0.5, 0.6) is 0 Å². The number of aliphatic hydroxyl groups is 1. The maximum Gasteiger partial charge on any atom is 0.0622 e. The van der Waals surface area contributed by atoms with Gasteiger partial charge in [0.05, 0.1) is 6.10 Å². The largest absolute Gasteiger partial charge is 0.392 e. The highest BCUT2D eigenvalue weighted by atomic mass is 32.1.